The number of anilines is 2. The Morgan fingerprint density at radius 1 is 1.28 bits per heavy atom. The van der Waals surface area contributed by atoms with Crippen LogP contribution in [0.5, 0.6) is 5.75 Å². The van der Waals surface area contributed by atoms with Gasteiger partial charge in [-0.1, -0.05) is 17.7 Å². The Labute approximate surface area is 151 Å². The zero-order valence-electron chi connectivity index (χ0n) is 13.9. The van der Waals surface area contributed by atoms with Crippen LogP contribution in [0.25, 0.3) is 0 Å². The predicted molar refractivity (Wildman–Crippen MR) is 98.2 cm³/mol. The monoisotopic (exact) mass is 358 g/mol. The summed E-state index contributed by atoms with van der Waals surface area (Å²) in [6.07, 6.45) is 0.194. The van der Waals surface area contributed by atoms with Crippen LogP contribution in [0.15, 0.2) is 48.5 Å². The lowest BCUT2D eigenvalue weighted by Crippen LogP contribution is -2.28. The van der Waals surface area contributed by atoms with Crippen LogP contribution in [0.2, 0.25) is 5.02 Å². The summed E-state index contributed by atoms with van der Waals surface area (Å²) in [6.45, 7) is 2.82. The van der Waals surface area contributed by atoms with E-state index in [1.165, 1.54) is 0 Å². The van der Waals surface area contributed by atoms with E-state index in [0.717, 1.165) is 5.69 Å². The van der Waals surface area contributed by atoms with Crippen LogP contribution in [-0.2, 0) is 9.59 Å². The average Bonchev–Trinajstić information content (AvgIpc) is 2.98. The number of carbonyl (C=O) groups excluding carboxylic acids is 2. The van der Waals surface area contributed by atoms with Gasteiger partial charge in [0, 0.05) is 35.4 Å². The maximum Gasteiger partial charge on any atom is 0.229 e. The number of ether oxygens (including phenoxy) is 1. The summed E-state index contributed by atoms with van der Waals surface area (Å²) in [5, 5.41) is 3.48. The molecule has 1 aliphatic heterocycles. The fourth-order valence-electron chi connectivity index (χ4n) is 2.83. The SMILES string of the molecule is CCOc1cccc(NC(=O)C2CC(=O)N(c3ccc(Cl)cc3)C2)c1. The minimum Gasteiger partial charge on any atom is -0.494 e. The number of rotatable bonds is 5. The van der Waals surface area contributed by atoms with Gasteiger partial charge >= 0.3 is 0 Å². The Kier molecular flexibility index (Phi) is 5.24. The van der Waals surface area contributed by atoms with Gasteiger partial charge in [-0.05, 0) is 43.3 Å². The van der Waals surface area contributed by atoms with Gasteiger partial charge in [0.2, 0.25) is 11.8 Å². The maximum absolute atomic E-state index is 12.5. The van der Waals surface area contributed by atoms with Crippen molar-refractivity contribution in [1.82, 2.24) is 0 Å². The molecule has 2 aromatic carbocycles. The van der Waals surface area contributed by atoms with Crippen LogP contribution in [0.4, 0.5) is 11.4 Å². The van der Waals surface area contributed by atoms with Gasteiger partial charge < -0.3 is 15.0 Å². The maximum atomic E-state index is 12.5. The van der Waals surface area contributed by atoms with Crippen molar-refractivity contribution >= 4 is 34.8 Å². The fraction of sp³-hybridized carbons (Fsp3) is 0.263. The highest BCUT2D eigenvalue weighted by Gasteiger charge is 2.35. The number of nitrogens with zero attached hydrogens (tertiary/aromatic N) is 1. The molecule has 0 radical (unpaired) electrons. The van der Waals surface area contributed by atoms with Gasteiger partial charge in [-0.15, -0.1) is 0 Å². The summed E-state index contributed by atoms with van der Waals surface area (Å²) in [5.74, 6) is 0.0773. The minimum absolute atomic E-state index is 0.0643. The molecule has 1 fully saturated rings. The Morgan fingerprint density at radius 3 is 2.76 bits per heavy atom. The Hall–Kier alpha value is -2.53. The van der Waals surface area contributed by atoms with E-state index in [2.05, 4.69) is 5.32 Å². The van der Waals surface area contributed by atoms with Crippen molar-refractivity contribution in [1.29, 1.82) is 0 Å². The summed E-state index contributed by atoms with van der Waals surface area (Å²) in [6, 6.07) is 14.3. The van der Waals surface area contributed by atoms with E-state index in [4.69, 9.17) is 16.3 Å². The molecule has 2 aromatic rings. The molecule has 0 aromatic heterocycles. The van der Waals surface area contributed by atoms with Crippen molar-refractivity contribution in [3.63, 3.8) is 0 Å². The largest absolute Gasteiger partial charge is 0.494 e. The van der Waals surface area contributed by atoms with E-state index in [0.29, 0.717) is 29.6 Å². The quantitative estimate of drug-likeness (QED) is 0.886. The van der Waals surface area contributed by atoms with Gasteiger partial charge in [-0.2, -0.15) is 0 Å². The third kappa shape index (κ3) is 4.12. The van der Waals surface area contributed by atoms with Crippen LogP contribution >= 0.6 is 11.6 Å². The third-order valence-corrected chi connectivity index (χ3v) is 4.30. The summed E-state index contributed by atoms with van der Waals surface area (Å²) >= 11 is 5.88. The molecule has 2 amide bonds. The molecule has 0 spiro atoms. The lowest BCUT2D eigenvalue weighted by molar-refractivity contribution is -0.122. The normalized spacial score (nSPS) is 16.8. The molecule has 1 atom stereocenters. The minimum atomic E-state index is -0.390. The van der Waals surface area contributed by atoms with Crippen molar-refractivity contribution in [2.45, 2.75) is 13.3 Å². The third-order valence-electron chi connectivity index (χ3n) is 4.05. The molecule has 0 bridgehead atoms. The molecular weight excluding hydrogens is 340 g/mol. The Morgan fingerprint density at radius 2 is 2.04 bits per heavy atom. The first-order valence-electron chi connectivity index (χ1n) is 8.16. The highest BCUT2D eigenvalue weighted by Crippen LogP contribution is 2.27. The van der Waals surface area contributed by atoms with Crippen LogP contribution in [0.1, 0.15) is 13.3 Å². The van der Waals surface area contributed by atoms with E-state index < -0.39 is 0 Å². The molecule has 130 valence electrons. The zero-order valence-corrected chi connectivity index (χ0v) is 14.6. The number of hydrogen-bond donors (Lipinski definition) is 1. The lowest BCUT2D eigenvalue weighted by atomic mass is 10.1. The first-order chi connectivity index (χ1) is 12.1. The number of amides is 2. The standard InChI is InChI=1S/C19H19ClN2O3/c1-2-25-17-5-3-4-15(11-17)21-19(24)13-10-18(23)22(12-13)16-8-6-14(20)7-9-16/h3-9,11,13H,2,10,12H2,1H3,(H,21,24). The molecular formula is C19H19ClN2O3. The summed E-state index contributed by atoms with van der Waals surface area (Å²) in [4.78, 5) is 26.4. The van der Waals surface area contributed by atoms with Crippen LogP contribution in [0.3, 0.4) is 0 Å². The lowest BCUT2D eigenvalue weighted by Gasteiger charge is -2.17. The Balaban J connectivity index is 1.66. The summed E-state index contributed by atoms with van der Waals surface area (Å²) in [7, 11) is 0. The number of carbonyl (C=O) groups is 2. The number of benzene rings is 2. The zero-order chi connectivity index (χ0) is 17.8. The molecule has 25 heavy (non-hydrogen) atoms. The van der Waals surface area contributed by atoms with Gasteiger partial charge in [-0.3, -0.25) is 9.59 Å². The molecule has 1 N–H and O–H groups in total. The summed E-state index contributed by atoms with van der Waals surface area (Å²) in [5.41, 5.74) is 1.41. The smallest absolute Gasteiger partial charge is 0.229 e. The van der Waals surface area contributed by atoms with E-state index in [-0.39, 0.29) is 24.2 Å². The first kappa shape index (κ1) is 17.3. The van der Waals surface area contributed by atoms with Crippen molar-refractivity contribution < 1.29 is 14.3 Å². The van der Waals surface area contributed by atoms with Gasteiger partial charge in [-0.25, -0.2) is 0 Å². The van der Waals surface area contributed by atoms with Crippen molar-refractivity contribution in [2.75, 3.05) is 23.4 Å². The van der Waals surface area contributed by atoms with Crippen molar-refractivity contribution in [2.24, 2.45) is 5.92 Å². The second-order valence-electron chi connectivity index (χ2n) is 5.83. The van der Waals surface area contributed by atoms with Crippen LogP contribution in [0, 0.1) is 5.92 Å². The predicted octanol–water partition coefficient (Wildman–Crippen LogP) is 3.73. The van der Waals surface area contributed by atoms with E-state index in [9.17, 15) is 9.59 Å². The highest BCUT2D eigenvalue weighted by molar-refractivity contribution is 6.30. The van der Waals surface area contributed by atoms with Crippen molar-refractivity contribution in [3.05, 3.63) is 53.6 Å². The first-order valence-corrected chi connectivity index (χ1v) is 8.54. The van der Waals surface area contributed by atoms with Gasteiger partial charge in [0.25, 0.3) is 0 Å². The molecule has 1 unspecified atom stereocenters. The highest BCUT2D eigenvalue weighted by atomic mass is 35.5. The van der Waals surface area contributed by atoms with Gasteiger partial charge in [0.1, 0.15) is 5.75 Å². The molecule has 1 saturated heterocycles. The van der Waals surface area contributed by atoms with Crippen molar-refractivity contribution in [3.8, 4) is 5.75 Å². The van der Waals surface area contributed by atoms with Gasteiger partial charge in [0.05, 0.1) is 12.5 Å². The fourth-order valence-corrected chi connectivity index (χ4v) is 2.95. The molecule has 1 heterocycles. The molecule has 0 saturated carbocycles. The van der Waals surface area contributed by atoms with Crippen LogP contribution in [-0.4, -0.2) is 25.0 Å². The Bertz CT molecular complexity index is 776. The molecule has 1 aliphatic rings. The van der Waals surface area contributed by atoms with E-state index in [1.807, 2.05) is 19.1 Å². The molecule has 3 rings (SSSR count). The van der Waals surface area contributed by atoms with E-state index in [1.54, 1.807) is 41.3 Å². The number of halogens is 1. The molecule has 5 nitrogen and oxygen atoms in total. The number of hydrogen-bond acceptors (Lipinski definition) is 3. The topological polar surface area (TPSA) is 58.6 Å². The second kappa shape index (κ2) is 7.57. The molecule has 6 heteroatoms. The molecule has 0 aliphatic carbocycles. The van der Waals surface area contributed by atoms with E-state index >= 15 is 0 Å². The number of nitrogens with one attached hydrogen (secondary N) is 1. The van der Waals surface area contributed by atoms with Crippen LogP contribution < -0.4 is 15.0 Å². The second-order valence-corrected chi connectivity index (χ2v) is 6.27. The summed E-state index contributed by atoms with van der Waals surface area (Å²) < 4.78 is 5.43. The van der Waals surface area contributed by atoms with Gasteiger partial charge in [0.15, 0.2) is 0 Å². The average molecular weight is 359 g/mol.